The van der Waals surface area contributed by atoms with Gasteiger partial charge in [0.2, 0.25) is 5.58 Å². The van der Waals surface area contributed by atoms with E-state index in [1.165, 1.54) is 6.33 Å². The van der Waals surface area contributed by atoms with E-state index in [0.717, 1.165) is 16.7 Å². The van der Waals surface area contributed by atoms with Crippen molar-refractivity contribution in [1.82, 2.24) is 15.1 Å². The molecule has 0 aliphatic carbocycles. The number of carbonyl (C=O) groups excluding carboxylic acids is 3. The van der Waals surface area contributed by atoms with Crippen molar-refractivity contribution < 1.29 is 37.9 Å². The van der Waals surface area contributed by atoms with Crippen LogP contribution in [0, 0.1) is 20.8 Å². The van der Waals surface area contributed by atoms with E-state index in [-0.39, 0.29) is 40.3 Å². The molecule has 3 heterocycles. The molecule has 0 amide bonds. The fourth-order valence-corrected chi connectivity index (χ4v) is 5.39. The molecule has 2 N–H and O–H groups in total. The zero-order valence-electron chi connectivity index (χ0n) is 26.1. The van der Waals surface area contributed by atoms with Crippen molar-refractivity contribution in [3.8, 4) is 0 Å². The van der Waals surface area contributed by atoms with Gasteiger partial charge >= 0.3 is 17.9 Å². The van der Waals surface area contributed by atoms with Crippen LogP contribution in [-0.2, 0) is 18.9 Å². The number of aromatic nitrogens is 3. The van der Waals surface area contributed by atoms with Crippen molar-refractivity contribution in [3.63, 3.8) is 0 Å². The van der Waals surface area contributed by atoms with Crippen molar-refractivity contribution in [3.05, 3.63) is 118 Å². The number of ether oxygens (including phenoxy) is 4. The van der Waals surface area contributed by atoms with Crippen LogP contribution in [0.25, 0.3) is 11.1 Å². The summed E-state index contributed by atoms with van der Waals surface area (Å²) in [5.74, 6) is -2.00. The summed E-state index contributed by atoms with van der Waals surface area (Å²) < 4.78 is 29.9. The van der Waals surface area contributed by atoms with E-state index in [1.54, 1.807) is 79.7 Å². The molecule has 1 unspecified atom stereocenters. The number of benzene rings is 3. The van der Waals surface area contributed by atoms with Gasteiger partial charge in [-0.1, -0.05) is 58.2 Å². The number of hydrogen-bond acceptors (Lipinski definition) is 12. The number of nitrogens with zero attached hydrogens (tertiary/aromatic N) is 3. The zero-order valence-corrected chi connectivity index (χ0v) is 26.1. The summed E-state index contributed by atoms with van der Waals surface area (Å²) in [5.41, 5.74) is 8.40. The molecule has 12 heteroatoms. The normalized spacial score (nSPS) is 20.6. The van der Waals surface area contributed by atoms with Gasteiger partial charge in [-0.05, 0) is 64.1 Å². The van der Waals surface area contributed by atoms with Gasteiger partial charge in [-0.15, -0.1) is 0 Å². The lowest BCUT2D eigenvalue weighted by atomic mass is 9.89. The molecule has 0 radical (unpaired) electrons. The Labute approximate surface area is 269 Å². The number of nitrogen functional groups attached to an aromatic ring is 1. The van der Waals surface area contributed by atoms with Gasteiger partial charge in [0.15, 0.2) is 17.5 Å². The van der Waals surface area contributed by atoms with Gasteiger partial charge in [-0.2, -0.15) is 0 Å². The fraction of sp³-hybridized carbons (Fsp3) is 0.257. The molecule has 240 valence electrons. The van der Waals surface area contributed by atoms with Crippen molar-refractivity contribution in [2.75, 3.05) is 12.3 Å². The monoisotopic (exact) mass is 636 g/mol. The molecule has 0 saturated carbocycles. The third-order valence-electron chi connectivity index (χ3n) is 8.08. The van der Waals surface area contributed by atoms with Crippen molar-refractivity contribution in [1.29, 1.82) is 0 Å². The molecule has 12 nitrogen and oxygen atoms in total. The first-order chi connectivity index (χ1) is 22.5. The molecule has 3 aromatic carbocycles. The van der Waals surface area contributed by atoms with Crippen LogP contribution in [-0.4, -0.2) is 57.4 Å². The maximum atomic E-state index is 13.7. The molecule has 0 spiro atoms. The third kappa shape index (κ3) is 6.27. The molecular formula is C35H32N4O8. The second-order valence-corrected chi connectivity index (χ2v) is 11.7. The summed E-state index contributed by atoms with van der Waals surface area (Å²) >= 11 is 0. The Morgan fingerprint density at radius 3 is 1.89 bits per heavy atom. The average molecular weight is 637 g/mol. The Kier molecular flexibility index (Phi) is 8.44. The van der Waals surface area contributed by atoms with Crippen molar-refractivity contribution in [2.24, 2.45) is 0 Å². The molecule has 1 aliphatic heterocycles. The Morgan fingerprint density at radius 1 is 0.787 bits per heavy atom. The van der Waals surface area contributed by atoms with Crippen LogP contribution in [0.4, 0.5) is 5.82 Å². The Morgan fingerprint density at radius 2 is 1.32 bits per heavy atom. The van der Waals surface area contributed by atoms with Gasteiger partial charge < -0.3 is 29.2 Å². The van der Waals surface area contributed by atoms with Gasteiger partial charge in [-0.3, -0.25) is 0 Å². The Bertz CT molecular complexity index is 1940. The van der Waals surface area contributed by atoms with E-state index in [1.807, 2.05) is 20.8 Å². The third-order valence-corrected chi connectivity index (χ3v) is 8.08. The molecule has 0 bridgehead atoms. The highest BCUT2D eigenvalue weighted by Crippen LogP contribution is 2.47. The summed E-state index contributed by atoms with van der Waals surface area (Å²) in [5, 5.41) is 4.17. The summed E-state index contributed by atoms with van der Waals surface area (Å²) in [6.07, 6.45) is -2.40. The highest BCUT2D eigenvalue weighted by Gasteiger charge is 2.61. The predicted octanol–water partition coefficient (Wildman–Crippen LogP) is 5.26. The SMILES string of the molecule is Cc1ccc(C(=O)OCC2O[C@@H](c3noc4c(N)ncnc34)[C@](C)(OC(=O)c3ccc(C)cc3)[C@@H]2OC(=O)c2ccc(C)cc2)cc1. The maximum Gasteiger partial charge on any atom is 0.338 e. The average Bonchev–Trinajstić information content (AvgIpc) is 3.60. The summed E-state index contributed by atoms with van der Waals surface area (Å²) in [6.45, 7) is 6.88. The van der Waals surface area contributed by atoms with E-state index in [9.17, 15) is 14.4 Å². The summed E-state index contributed by atoms with van der Waals surface area (Å²) in [7, 11) is 0. The van der Waals surface area contributed by atoms with E-state index in [2.05, 4.69) is 15.1 Å². The number of rotatable bonds is 8. The lowest BCUT2D eigenvalue weighted by Gasteiger charge is -2.33. The molecule has 2 aromatic heterocycles. The van der Waals surface area contributed by atoms with Crippen molar-refractivity contribution >= 4 is 34.8 Å². The van der Waals surface area contributed by atoms with E-state index >= 15 is 0 Å². The number of esters is 3. The van der Waals surface area contributed by atoms with E-state index in [0.29, 0.717) is 5.56 Å². The largest absolute Gasteiger partial charge is 0.459 e. The molecule has 47 heavy (non-hydrogen) atoms. The highest BCUT2D eigenvalue weighted by molar-refractivity contribution is 5.91. The van der Waals surface area contributed by atoms with Gasteiger partial charge in [0, 0.05) is 0 Å². The van der Waals surface area contributed by atoms with E-state index < -0.39 is 41.8 Å². The first-order valence-corrected chi connectivity index (χ1v) is 14.9. The standard InChI is InChI=1S/C35H32N4O8/c1-19-5-11-22(12-6-19)32(40)43-17-25-29(45-33(41)23-13-7-20(2)8-14-23)35(4,46-34(42)24-15-9-21(3)10-16-24)30(44-25)27-26-28(47-39-27)31(36)38-18-37-26/h5-16,18,25,29-30H,17H2,1-4H3,(H2,36,37,38)/t25?,29-,30+,35-/m1/s1. The van der Waals surface area contributed by atoms with E-state index in [4.69, 9.17) is 29.2 Å². The second-order valence-electron chi connectivity index (χ2n) is 11.7. The van der Waals surface area contributed by atoms with Gasteiger partial charge in [-0.25, -0.2) is 24.4 Å². The summed E-state index contributed by atoms with van der Waals surface area (Å²) in [4.78, 5) is 48.5. The minimum absolute atomic E-state index is 0.0380. The highest BCUT2D eigenvalue weighted by atomic mass is 16.7. The lowest BCUT2D eigenvalue weighted by Crippen LogP contribution is -2.49. The smallest absolute Gasteiger partial charge is 0.338 e. The molecule has 6 rings (SSSR count). The molecule has 4 atom stereocenters. The van der Waals surface area contributed by atoms with Crippen LogP contribution in [0.15, 0.2) is 83.6 Å². The molecule has 1 aliphatic rings. The number of hydrogen-bond donors (Lipinski definition) is 1. The van der Waals surface area contributed by atoms with Gasteiger partial charge in [0.1, 0.15) is 36.4 Å². The van der Waals surface area contributed by atoms with Crippen molar-refractivity contribution in [2.45, 2.75) is 51.6 Å². The number of aryl methyl sites for hydroxylation is 3. The van der Waals surface area contributed by atoms with Crippen LogP contribution < -0.4 is 5.73 Å². The Balaban J connectivity index is 1.41. The fourth-order valence-electron chi connectivity index (χ4n) is 5.39. The van der Waals surface area contributed by atoms with Crippen LogP contribution in [0.5, 0.6) is 0 Å². The zero-order chi connectivity index (χ0) is 33.3. The number of fused-ring (bicyclic) bond motifs is 1. The van der Waals surface area contributed by atoms with Crippen LogP contribution >= 0.6 is 0 Å². The Hall–Kier alpha value is -5.62. The number of carbonyl (C=O) groups is 3. The minimum Gasteiger partial charge on any atom is -0.459 e. The van der Waals surface area contributed by atoms with Gasteiger partial charge in [0.05, 0.1) is 16.7 Å². The molecular weight excluding hydrogens is 604 g/mol. The van der Waals surface area contributed by atoms with Crippen LogP contribution in [0.1, 0.15) is 66.5 Å². The first kappa shape index (κ1) is 31.4. The number of nitrogens with two attached hydrogens (primary N) is 1. The van der Waals surface area contributed by atoms with Crippen LogP contribution in [0.3, 0.4) is 0 Å². The molecule has 1 fully saturated rings. The summed E-state index contributed by atoms with van der Waals surface area (Å²) in [6, 6.07) is 20.4. The topological polar surface area (TPSA) is 166 Å². The first-order valence-electron chi connectivity index (χ1n) is 14.9. The van der Waals surface area contributed by atoms with Gasteiger partial charge in [0.25, 0.3) is 0 Å². The quantitative estimate of drug-likeness (QED) is 0.174. The lowest BCUT2D eigenvalue weighted by molar-refractivity contribution is -0.0898. The predicted molar refractivity (Wildman–Crippen MR) is 168 cm³/mol. The minimum atomic E-state index is -1.74. The second kappa shape index (κ2) is 12.6. The van der Waals surface area contributed by atoms with Crippen LogP contribution in [0.2, 0.25) is 0 Å². The molecule has 5 aromatic rings. The number of anilines is 1. The molecule has 1 saturated heterocycles. The maximum absolute atomic E-state index is 13.7.